The lowest BCUT2D eigenvalue weighted by atomic mass is 10.2. The van der Waals surface area contributed by atoms with Crippen molar-refractivity contribution in [3.63, 3.8) is 0 Å². The van der Waals surface area contributed by atoms with Crippen molar-refractivity contribution in [2.45, 2.75) is 13.5 Å². The highest BCUT2D eigenvalue weighted by atomic mass is 35.5. The van der Waals surface area contributed by atoms with Gasteiger partial charge in [0.15, 0.2) is 0 Å². The molecule has 0 fully saturated rings. The molecule has 6 nitrogen and oxygen atoms in total. The molecule has 0 atom stereocenters. The zero-order valence-corrected chi connectivity index (χ0v) is 16.9. The van der Waals surface area contributed by atoms with E-state index in [-0.39, 0.29) is 11.1 Å². The van der Waals surface area contributed by atoms with Crippen LogP contribution in [0.2, 0.25) is 5.02 Å². The number of nitrogens with zero attached hydrogens (tertiary/aromatic N) is 3. The molecule has 1 N–H and O–H groups in total. The Kier molecular flexibility index (Phi) is 4.15. The molecule has 0 bridgehead atoms. The molecule has 0 saturated heterocycles. The van der Waals surface area contributed by atoms with Gasteiger partial charge in [-0.25, -0.2) is 4.98 Å². The Balaban J connectivity index is 1.69. The standard InChI is InChI=1S/C21H15ClN4O2S/c1-12-19-16(10-18(27)25(12)11-13-6-2-3-7-14(13)22)24-26(20(19)28)21-23-15-8-4-5-9-17(15)29-21/h2-10,24H,11H2,1H3. The first kappa shape index (κ1) is 17.9. The van der Waals surface area contributed by atoms with Crippen LogP contribution < -0.4 is 11.1 Å². The molecule has 3 aromatic heterocycles. The van der Waals surface area contributed by atoms with Gasteiger partial charge in [-0.15, -0.1) is 0 Å². The van der Waals surface area contributed by atoms with Gasteiger partial charge in [-0.1, -0.05) is 53.3 Å². The van der Waals surface area contributed by atoms with Crippen LogP contribution in [0.1, 0.15) is 11.3 Å². The molecular weight excluding hydrogens is 408 g/mol. The van der Waals surface area contributed by atoms with E-state index in [0.717, 1.165) is 15.8 Å². The topological polar surface area (TPSA) is 72.7 Å². The summed E-state index contributed by atoms with van der Waals surface area (Å²) in [4.78, 5) is 30.5. The lowest BCUT2D eigenvalue weighted by molar-refractivity contribution is 0.738. The predicted octanol–water partition coefficient (Wildman–Crippen LogP) is 4.10. The molecule has 3 heterocycles. The molecule has 0 aliphatic carbocycles. The van der Waals surface area contributed by atoms with Crippen molar-refractivity contribution in [1.29, 1.82) is 0 Å². The summed E-state index contributed by atoms with van der Waals surface area (Å²) in [6.07, 6.45) is 0. The smallest absolute Gasteiger partial charge is 0.282 e. The van der Waals surface area contributed by atoms with Crippen molar-refractivity contribution in [1.82, 2.24) is 19.3 Å². The monoisotopic (exact) mass is 422 g/mol. The average molecular weight is 423 g/mol. The lowest BCUT2D eigenvalue weighted by Gasteiger charge is -2.11. The van der Waals surface area contributed by atoms with E-state index >= 15 is 0 Å². The van der Waals surface area contributed by atoms with E-state index in [1.165, 1.54) is 22.1 Å². The molecular formula is C21H15ClN4O2S. The maximum Gasteiger partial charge on any atom is 0.282 e. The van der Waals surface area contributed by atoms with Gasteiger partial charge >= 0.3 is 0 Å². The van der Waals surface area contributed by atoms with E-state index in [4.69, 9.17) is 11.6 Å². The van der Waals surface area contributed by atoms with Crippen LogP contribution in [0, 0.1) is 6.92 Å². The van der Waals surface area contributed by atoms with Gasteiger partial charge in [-0.05, 0) is 30.7 Å². The number of pyridine rings is 1. The van der Waals surface area contributed by atoms with Crippen LogP contribution in [-0.2, 0) is 6.54 Å². The zero-order valence-electron chi connectivity index (χ0n) is 15.3. The van der Waals surface area contributed by atoms with Crippen molar-refractivity contribution in [2.24, 2.45) is 0 Å². The number of halogens is 1. The molecule has 0 spiro atoms. The maximum absolute atomic E-state index is 13.2. The van der Waals surface area contributed by atoms with Gasteiger partial charge in [0.1, 0.15) is 0 Å². The van der Waals surface area contributed by atoms with Gasteiger partial charge in [0, 0.05) is 16.8 Å². The number of hydrogen-bond donors (Lipinski definition) is 1. The van der Waals surface area contributed by atoms with Crippen LogP contribution in [-0.4, -0.2) is 19.3 Å². The minimum absolute atomic E-state index is 0.201. The molecule has 0 saturated carbocycles. The minimum atomic E-state index is -0.232. The maximum atomic E-state index is 13.2. The van der Waals surface area contributed by atoms with Crippen LogP contribution in [0.5, 0.6) is 0 Å². The molecule has 5 aromatic rings. The number of aromatic nitrogens is 4. The fraction of sp³-hybridized carbons (Fsp3) is 0.0952. The third-order valence-corrected chi connectivity index (χ3v) is 6.37. The zero-order chi connectivity index (χ0) is 20.1. The number of para-hydroxylation sites is 1. The van der Waals surface area contributed by atoms with Crippen LogP contribution in [0.25, 0.3) is 26.3 Å². The number of aryl methyl sites for hydroxylation is 1. The van der Waals surface area contributed by atoms with E-state index in [9.17, 15) is 9.59 Å². The molecule has 5 rings (SSSR count). The first-order valence-corrected chi connectivity index (χ1v) is 10.2. The minimum Gasteiger partial charge on any atom is -0.308 e. The second-order valence-electron chi connectivity index (χ2n) is 6.75. The van der Waals surface area contributed by atoms with Crippen molar-refractivity contribution >= 4 is 44.1 Å². The highest BCUT2D eigenvalue weighted by Crippen LogP contribution is 2.24. The van der Waals surface area contributed by atoms with E-state index in [1.54, 1.807) is 17.6 Å². The van der Waals surface area contributed by atoms with Crippen LogP contribution in [0.15, 0.2) is 64.2 Å². The van der Waals surface area contributed by atoms with Crippen molar-refractivity contribution in [2.75, 3.05) is 0 Å². The molecule has 0 aliphatic heterocycles. The van der Waals surface area contributed by atoms with E-state index in [2.05, 4.69) is 10.1 Å². The number of H-pyrrole nitrogens is 1. The summed E-state index contributed by atoms with van der Waals surface area (Å²) in [5, 5.41) is 4.63. The van der Waals surface area contributed by atoms with Crippen LogP contribution in [0.4, 0.5) is 0 Å². The summed E-state index contributed by atoms with van der Waals surface area (Å²) in [5.74, 6) is 0. The van der Waals surface area contributed by atoms with Crippen molar-refractivity contribution in [3.8, 4) is 5.13 Å². The van der Waals surface area contributed by atoms with Gasteiger partial charge in [0.05, 0.1) is 27.7 Å². The van der Waals surface area contributed by atoms with E-state index in [1.807, 2.05) is 42.5 Å². The normalized spacial score (nSPS) is 11.5. The van der Waals surface area contributed by atoms with Gasteiger partial charge in [-0.3, -0.25) is 14.7 Å². The Labute approximate surface area is 173 Å². The quantitative estimate of drug-likeness (QED) is 0.475. The average Bonchev–Trinajstić information content (AvgIpc) is 3.27. The molecule has 8 heteroatoms. The number of aromatic amines is 1. The number of rotatable bonds is 3. The SMILES string of the molecule is Cc1c2c(=O)n(-c3nc4ccccc4s3)[nH]c2cc(=O)n1Cc1ccccc1Cl. The highest BCUT2D eigenvalue weighted by Gasteiger charge is 2.17. The van der Waals surface area contributed by atoms with E-state index in [0.29, 0.717) is 33.3 Å². The number of nitrogens with one attached hydrogen (secondary N) is 1. The molecule has 0 amide bonds. The molecule has 2 aromatic carbocycles. The fourth-order valence-corrected chi connectivity index (χ4v) is 4.61. The van der Waals surface area contributed by atoms with Crippen LogP contribution in [0.3, 0.4) is 0 Å². The van der Waals surface area contributed by atoms with Gasteiger partial charge in [-0.2, -0.15) is 4.68 Å². The van der Waals surface area contributed by atoms with Crippen molar-refractivity contribution in [3.05, 3.63) is 91.6 Å². The fourth-order valence-electron chi connectivity index (χ4n) is 3.49. The molecule has 29 heavy (non-hydrogen) atoms. The third-order valence-electron chi connectivity index (χ3n) is 4.98. The Morgan fingerprint density at radius 2 is 1.86 bits per heavy atom. The number of thiazole rings is 1. The number of hydrogen-bond acceptors (Lipinski definition) is 4. The van der Waals surface area contributed by atoms with Crippen molar-refractivity contribution < 1.29 is 0 Å². The molecule has 0 unspecified atom stereocenters. The van der Waals surface area contributed by atoms with Gasteiger partial charge in [0.25, 0.3) is 11.1 Å². The predicted molar refractivity (Wildman–Crippen MR) is 117 cm³/mol. The Morgan fingerprint density at radius 1 is 1.10 bits per heavy atom. The Hall–Kier alpha value is -3.16. The molecule has 0 aliphatic rings. The summed E-state index contributed by atoms with van der Waals surface area (Å²) in [5.41, 5.74) is 2.30. The molecule has 0 radical (unpaired) electrons. The second kappa shape index (κ2) is 6.72. The third kappa shape index (κ3) is 2.90. The summed E-state index contributed by atoms with van der Waals surface area (Å²) in [6, 6.07) is 16.5. The largest absolute Gasteiger partial charge is 0.308 e. The summed E-state index contributed by atoms with van der Waals surface area (Å²) < 4.78 is 3.96. The summed E-state index contributed by atoms with van der Waals surface area (Å²) in [7, 11) is 0. The van der Waals surface area contributed by atoms with E-state index < -0.39 is 0 Å². The van der Waals surface area contributed by atoms with Gasteiger partial charge in [0.2, 0.25) is 5.13 Å². The van der Waals surface area contributed by atoms with Crippen LogP contribution >= 0.6 is 22.9 Å². The number of benzene rings is 2. The second-order valence-corrected chi connectivity index (χ2v) is 8.17. The first-order valence-electron chi connectivity index (χ1n) is 8.97. The Bertz CT molecular complexity index is 1480. The first-order chi connectivity index (χ1) is 14.0. The summed E-state index contributed by atoms with van der Waals surface area (Å²) in [6.45, 7) is 2.07. The highest BCUT2D eigenvalue weighted by molar-refractivity contribution is 7.20. The number of fused-ring (bicyclic) bond motifs is 2. The van der Waals surface area contributed by atoms with Gasteiger partial charge < -0.3 is 4.57 Å². The summed E-state index contributed by atoms with van der Waals surface area (Å²) >= 11 is 7.67. The Morgan fingerprint density at radius 3 is 2.66 bits per heavy atom. The lowest BCUT2D eigenvalue weighted by Crippen LogP contribution is -2.24. The molecule has 144 valence electrons.